The standard InChI is InChI=1S/C16H13Cl2FN2O2/c17-12-3-1-2-4-14(12)21-15(22)7-8-20-16(23)11-6-5-10(19)9-13(11)18/h1-6,9H,7-8H2,(H,20,23)(H,21,22). The number of hydrogen-bond donors (Lipinski definition) is 2. The largest absolute Gasteiger partial charge is 0.351 e. The van der Waals surface area contributed by atoms with E-state index in [1.165, 1.54) is 6.07 Å². The second kappa shape index (κ2) is 7.94. The Morgan fingerprint density at radius 3 is 2.48 bits per heavy atom. The number of anilines is 1. The highest BCUT2D eigenvalue weighted by Gasteiger charge is 2.11. The molecule has 0 aliphatic carbocycles. The molecular formula is C16H13Cl2FN2O2. The highest BCUT2D eigenvalue weighted by Crippen LogP contribution is 2.20. The van der Waals surface area contributed by atoms with E-state index in [-0.39, 0.29) is 29.5 Å². The fourth-order valence-corrected chi connectivity index (χ4v) is 2.27. The number of benzene rings is 2. The number of nitrogens with one attached hydrogen (secondary N) is 2. The summed E-state index contributed by atoms with van der Waals surface area (Å²) < 4.78 is 12.9. The van der Waals surface area contributed by atoms with Crippen molar-refractivity contribution in [2.24, 2.45) is 0 Å². The van der Waals surface area contributed by atoms with E-state index in [0.29, 0.717) is 10.7 Å². The molecule has 2 amide bonds. The van der Waals surface area contributed by atoms with Crippen LogP contribution in [0.3, 0.4) is 0 Å². The van der Waals surface area contributed by atoms with E-state index < -0.39 is 11.7 Å². The molecule has 0 spiro atoms. The summed E-state index contributed by atoms with van der Waals surface area (Å²) in [5.74, 6) is -1.28. The Balaban J connectivity index is 1.83. The second-order valence-corrected chi connectivity index (χ2v) is 5.47. The zero-order valence-corrected chi connectivity index (χ0v) is 13.4. The van der Waals surface area contributed by atoms with Gasteiger partial charge in [0.2, 0.25) is 5.91 Å². The molecule has 0 saturated carbocycles. The van der Waals surface area contributed by atoms with E-state index in [4.69, 9.17) is 23.2 Å². The van der Waals surface area contributed by atoms with E-state index in [9.17, 15) is 14.0 Å². The molecule has 2 aromatic rings. The Morgan fingerprint density at radius 2 is 1.78 bits per heavy atom. The molecule has 0 heterocycles. The second-order valence-electron chi connectivity index (χ2n) is 4.66. The van der Waals surface area contributed by atoms with Crippen LogP contribution in [0.5, 0.6) is 0 Å². The van der Waals surface area contributed by atoms with Crippen LogP contribution in [0.1, 0.15) is 16.8 Å². The van der Waals surface area contributed by atoms with Gasteiger partial charge in [0.05, 0.1) is 21.3 Å². The Morgan fingerprint density at radius 1 is 1.04 bits per heavy atom. The molecule has 0 fully saturated rings. The molecule has 0 atom stereocenters. The van der Waals surface area contributed by atoms with Crippen molar-refractivity contribution in [3.05, 3.63) is 63.9 Å². The summed E-state index contributed by atoms with van der Waals surface area (Å²) in [6.45, 7) is 0.114. The smallest absolute Gasteiger partial charge is 0.252 e. The van der Waals surface area contributed by atoms with Crippen molar-refractivity contribution < 1.29 is 14.0 Å². The van der Waals surface area contributed by atoms with E-state index in [0.717, 1.165) is 12.1 Å². The van der Waals surface area contributed by atoms with Gasteiger partial charge in [0, 0.05) is 13.0 Å². The molecule has 0 bridgehead atoms. The average molecular weight is 355 g/mol. The Labute approximate surface area is 142 Å². The quantitative estimate of drug-likeness (QED) is 0.855. The first-order valence-electron chi connectivity index (χ1n) is 6.75. The van der Waals surface area contributed by atoms with Crippen molar-refractivity contribution in [1.82, 2.24) is 5.32 Å². The summed E-state index contributed by atoms with van der Waals surface area (Å²) in [6, 6.07) is 10.3. The molecule has 4 nitrogen and oxygen atoms in total. The van der Waals surface area contributed by atoms with Crippen LogP contribution in [0.15, 0.2) is 42.5 Å². The van der Waals surface area contributed by atoms with Crippen molar-refractivity contribution in [2.45, 2.75) is 6.42 Å². The number of carbonyl (C=O) groups excluding carboxylic acids is 2. The lowest BCUT2D eigenvalue weighted by atomic mass is 10.2. The highest BCUT2D eigenvalue weighted by atomic mass is 35.5. The normalized spacial score (nSPS) is 10.2. The van der Waals surface area contributed by atoms with Gasteiger partial charge in [-0.25, -0.2) is 4.39 Å². The van der Waals surface area contributed by atoms with Crippen molar-refractivity contribution >= 4 is 40.7 Å². The molecule has 7 heteroatoms. The summed E-state index contributed by atoms with van der Waals surface area (Å²) in [4.78, 5) is 23.7. The van der Waals surface area contributed by atoms with Gasteiger partial charge in [-0.3, -0.25) is 9.59 Å². The molecule has 0 aliphatic heterocycles. The minimum absolute atomic E-state index is 0.0167. The summed E-state index contributed by atoms with van der Waals surface area (Å²) >= 11 is 11.7. The van der Waals surface area contributed by atoms with Gasteiger partial charge in [0.25, 0.3) is 5.91 Å². The first-order valence-corrected chi connectivity index (χ1v) is 7.50. The van der Waals surface area contributed by atoms with Gasteiger partial charge in [0.15, 0.2) is 0 Å². The van der Waals surface area contributed by atoms with Crippen molar-refractivity contribution in [3.63, 3.8) is 0 Å². The van der Waals surface area contributed by atoms with Crippen LogP contribution in [0, 0.1) is 5.82 Å². The Bertz CT molecular complexity index is 738. The number of para-hydroxylation sites is 1. The zero-order valence-electron chi connectivity index (χ0n) is 11.9. The maximum absolute atomic E-state index is 12.9. The van der Waals surface area contributed by atoms with Crippen LogP contribution >= 0.6 is 23.2 Å². The molecule has 2 aromatic carbocycles. The first kappa shape index (κ1) is 17.2. The van der Waals surface area contributed by atoms with E-state index >= 15 is 0 Å². The van der Waals surface area contributed by atoms with Crippen LogP contribution in [0.25, 0.3) is 0 Å². The fourth-order valence-electron chi connectivity index (χ4n) is 1.83. The highest BCUT2D eigenvalue weighted by molar-refractivity contribution is 6.34. The van der Waals surface area contributed by atoms with Crippen LogP contribution in [0.2, 0.25) is 10.0 Å². The molecule has 23 heavy (non-hydrogen) atoms. The summed E-state index contributed by atoms with van der Waals surface area (Å²) in [5, 5.41) is 5.65. The Kier molecular flexibility index (Phi) is 5.96. The third-order valence-electron chi connectivity index (χ3n) is 2.96. The molecule has 0 aromatic heterocycles. The summed E-state index contributed by atoms with van der Waals surface area (Å²) in [7, 11) is 0. The van der Waals surface area contributed by atoms with Crippen LogP contribution in [0.4, 0.5) is 10.1 Å². The van der Waals surface area contributed by atoms with Gasteiger partial charge in [-0.05, 0) is 30.3 Å². The van der Waals surface area contributed by atoms with Gasteiger partial charge >= 0.3 is 0 Å². The van der Waals surface area contributed by atoms with Gasteiger partial charge < -0.3 is 10.6 Å². The predicted molar refractivity (Wildman–Crippen MR) is 88.4 cm³/mol. The predicted octanol–water partition coefficient (Wildman–Crippen LogP) is 3.89. The molecule has 0 unspecified atom stereocenters. The summed E-state index contributed by atoms with van der Waals surface area (Å²) in [6.07, 6.45) is 0.0653. The third-order valence-corrected chi connectivity index (χ3v) is 3.60. The molecule has 2 N–H and O–H groups in total. The number of carbonyl (C=O) groups is 2. The molecule has 0 radical (unpaired) electrons. The monoisotopic (exact) mass is 354 g/mol. The van der Waals surface area contributed by atoms with E-state index in [2.05, 4.69) is 10.6 Å². The van der Waals surface area contributed by atoms with E-state index in [1.807, 2.05) is 0 Å². The lowest BCUT2D eigenvalue weighted by molar-refractivity contribution is -0.116. The van der Waals surface area contributed by atoms with Gasteiger partial charge in [-0.1, -0.05) is 35.3 Å². The van der Waals surface area contributed by atoms with Crippen LogP contribution < -0.4 is 10.6 Å². The average Bonchev–Trinajstić information content (AvgIpc) is 2.49. The van der Waals surface area contributed by atoms with Gasteiger partial charge in [-0.15, -0.1) is 0 Å². The SMILES string of the molecule is O=C(CCNC(=O)c1ccc(F)cc1Cl)Nc1ccccc1Cl. The van der Waals surface area contributed by atoms with Gasteiger partial charge in [0.1, 0.15) is 5.82 Å². The van der Waals surface area contributed by atoms with Crippen LogP contribution in [-0.2, 0) is 4.79 Å². The lowest BCUT2D eigenvalue weighted by Gasteiger charge is -2.08. The topological polar surface area (TPSA) is 58.2 Å². The molecular weight excluding hydrogens is 342 g/mol. The minimum Gasteiger partial charge on any atom is -0.351 e. The van der Waals surface area contributed by atoms with E-state index in [1.54, 1.807) is 24.3 Å². The Hall–Kier alpha value is -2.11. The van der Waals surface area contributed by atoms with Crippen molar-refractivity contribution in [3.8, 4) is 0 Å². The number of hydrogen-bond acceptors (Lipinski definition) is 2. The number of amides is 2. The first-order chi connectivity index (χ1) is 11.0. The molecule has 120 valence electrons. The molecule has 2 rings (SSSR count). The van der Waals surface area contributed by atoms with Crippen LogP contribution in [-0.4, -0.2) is 18.4 Å². The van der Waals surface area contributed by atoms with Crippen molar-refractivity contribution in [2.75, 3.05) is 11.9 Å². The summed E-state index contributed by atoms with van der Waals surface area (Å²) in [5.41, 5.74) is 0.659. The third kappa shape index (κ3) is 4.94. The number of halogens is 3. The van der Waals surface area contributed by atoms with Crippen molar-refractivity contribution in [1.29, 1.82) is 0 Å². The zero-order chi connectivity index (χ0) is 16.8. The minimum atomic E-state index is -0.523. The number of rotatable bonds is 5. The fraction of sp³-hybridized carbons (Fsp3) is 0.125. The maximum atomic E-state index is 12.9. The van der Waals surface area contributed by atoms with Gasteiger partial charge in [-0.2, -0.15) is 0 Å². The maximum Gasteiger partial charge on any atom is 0.252 e. The lowest BCUT2D eigenvalue weighted by Crippen LogP contribution is -2.28. The molecule has 0 aliphatic rings. The molecule has 0 saturated heterocycles.